The molecule has 1 aliphatic heterocycles. The van der Waals surface area contributed by atoms with E-state index in [-0.39, 0.29) is 49.1 Å². The predicted octanol–water partition coefficient (Wildman–Crippen LogP) is 4.31. The molecule has 166 valence electrons. The van der Waals surface area contributed by atoms with Crippen molar-refractivity contribution in [2.45, 2.75) is 12.5 Å². The molecule has 3 aromatic rings. The molecule has 3 heterocycles. The van der Waals surface area contributed by atoms with Crippen molar-refractivity contribution in [3.8, 4) is 5.75 Å². The summed E-state index contributed by atoms with van der Waals surface area (Å²) < 4.78 is 24.3. The summed E-state index contributed by atoms with van der Waals surface area (Å²) in [5, 5.41) is 2.01. The normalized spacial score (nSPS) is 15.2. The van der Waals surface area contributed by atoms with Gasteiger partial charge in [0.05, 0.1) is 12.3 Å². The lowest BCUT2D eigenvalue weighted by atomic mass is 10.0. The number of thiophene rings is 1. The SMILES string of the molecule is C=CCN(CC(=O)N1CCc2sccc2C1COc1ccc(F)cc1)C(=O)c1ccco1. The van der Waals surface area contributed by atoms with Gasteiger partial charge in [-0.15, -0.1) is 17.9 Å². The second-order valence-electron chi connectivity index (χ2n) is 7.37. The number of carbonyl (C=O) groups excluding carboxylic acids is 2. The van der Waals surface area contributed by atoms with Gasteiger partial charge >= 0.3 is 0 Å². The van der Waals surface area contributed by atoms with E-state index < -0.39 is 0 Å². The van der Waals surface area contributed by atoms with Crippen molar-refractivity contribution in [3.05, 3.63) is 88.8 Å². The minimum Gasteiger partial charge on any atom is -0.491 e. The van der Waals surface area contributed by atoms with Crippen molar-refractivity contribution in [1.29, 1.82) is 0 Å². The fourth-order valence-corrected chi connectivity index (χ4v) is 4.69. The van der Waals surface area contributed by atoms with Crippen LogP contribution in [0.2, 0.25) is 0 Å². The molecule has 4 rings (SSSR count). The maximum atomic E-state index is 13.3. The average Bonchev–Trinajstić information content (AvgIpc) is 3.50. The van der Waals surface area contributed by atoms with Gasteiger partial charge in [0.15, 0.2) is 5.76 Å². The number of rotatable bonds is 8. The molecule has 0 spiro atoms. The molecular formula is C24H23FN2O4S. The monoisotopic (exact) mass is 454 g/mol. The smallest absolute Gasteiger partial charge is 0.290 e. The number of furan rings is 1. The van der Waals surface area contributed by atoms with E-state index in [0.717, 1.165) is 12.0 Å². The maximum Gasteiger partial charge on any atom is 0.290 e. The quantitative estimate of drug-likeness (QED) is 0.476. The molecule has 1 aliphatic rings. The van der Waals surface area contributed by atoms with Crippen LogP contribution in [0.1, 0.15) is 27.0 Å². The van der Waals surface area contributed by atoms with Crippen molar-refractivity contribution in [2.24, 2.45) is 0 Å². The Balaban J connectivity index is 1.51. The molecular weight excluding hydrogens is 431 g/mol. The summed E-state index contributed by atoms with van der Waals surface area (Å²) in [5.41, 5.74) is 1.05. The third kappa shape index (κ3) is 4.75. The van der Waals surface area contributed by atoms with E-state index in [1.807, 2.05) is 11.4 Å². The summed E-state index contributed by atoms with van der Waals surface area (Å²) >= 11 is 1.66. The summed E-state index contributed by atoms with van der Waals surface area (Å²) in [6.45, 7) is 4.58. The van der Waals surface area contributed by atoms with E-state index in [2.05, 4.69) is 6.58 Å². The molecule has 1 aromatic carbocycles. The first-order valence-electron chi connectivity index (χ1n) is 10.2. The number of nitrogens with zero attached hydrogens (tertiary/aromatic N) is 2. The minimum absolute atomic E-state index is 0.0991. The number of ether oxygens (including phenoxy) is 1. The van der Waals surface area contributed by atoms with Crippen LogP contribution in [0, 0.1) is 5.82 Å². The van der Waals surface area contributed by atoms with Crippen LogP contribution < -0.4 is 4.74 Å². The van der Waals surface area contributed by atoms with Crippen molar-refractivity contribution < 1.29 is 23.1 Å². The zero-order valence-electron chi connectivity index (χ0n) is 17.4. The Kier molecular flexibility index (Phi) is 6.70. The van der Waals surface area contributed by atoms with Gasteiger partial charge < -0.3 is 19.0 Å². The predicted molar refractivity (Wildman–Crippen MR) is 119 cm³/mol. The van der Waals surface area contributed by atoms with Crippen molar-refractivity contribution >= 4 is 23.2 Å². The third-order valence-electron chi connectivity index (χ3n) is 5.33. The topological polar surface area (TPSA) is 63.0 Å². The van der Waals surface area contributed by atoms with Gasteiger partial charge in [-0.2, -0.15) is 0 Å². The van der Waals surface area contributed by atoms with Crippen LogP contribution in [-0.4, -0.2) is 47.9 Å². The summed E-state index contributed by atoms with van der Waals surface area (Å²) in [4.78, 5) is 30.5. The van der Waals surface area contributed by atoms with Crippen LogP contribution in [0.5, 0.6) is 5.75 Å². The van der Waals surface area contributed by atoms with Gasteiger partial charge in [0.1, 0.15) is 24.7 Å². The van der Waals surface area contributed by atoms with Crippen molar-refractivity contribution in [2.75, 3.05) is 26.2 Å². The maximum absolute atomic E-state index is 13.3. The lowest BCUT2D eigenvalue weighted by Gasteiger charge is -2.37. The van der Waals surface area contributed by atoms with Gasteiger partial charge in [0.25, 0.3) is 5.91 Å². The Morgan fingerprint density at radius 2 is 2.09 bits per heavy atom. The highest BCUT2D eigenvalue weighted by atomic mass is 32.1. The molecule has 0 saturated heterocycles. The van der Waals surface area contributed by atoms with Gasteiger partial charge in [-0.05, 0) is 59.8 Å². The highest BCUT2D eigenvalue weighted by Gasteiger charge is 2.33. The molecule has 2 aromatic heterocycles. The fraction of sp³-hybridized carbons (Fsp3) is 0.250. The lowest BCUT2D eigenvalue weighted by Crippen LogP contribution is -2.47. The molecule has 6 nitrogen and oxygen atoms in total. The van der Waals surface area contributed by atoms with Crippen LogP contribution in [-0.2, 0) is 11.2 Å². The highest BCUT2D eigenvalue weighted by Crippen LogP contribution is 2.34. The summed E-state index contributed by atoms with van der Waals surface area (Å²) in [5.74, 6) is -0.181. The highest BCUT2D eigenvalue weighted by molar-refractivity contribution is 7.10. The molecule has 0 fully saturated rings. The fourth-order valence-electron chi connectivity index (χ4n) is 3.77. The molecule has 0 saturated carbocycles. The molecule has 0 aliphatic carbocycles. The molecule has 1 unspecified atom stereocenters. The Morgan fingerprint density at radius 3 is 2.81 bits per heavy atom. The van der Waals surface area contributed by atoms with Crippen molar-refractivity contribution in [1.82, 2.24) is 9.80 Å². The molecule has 1 atom stereocenters. The Morgan fingerprint density at radius 1 is 1.28 bits per heavy atom. The third-order valence-corrected chi connectivity index (χ3v) is 6.33. The standard InChI is InChI=1S/C24H23FN2O4S/c1-2-11-26(24(29)21-4-3-13-30-21)15-23(28)27-12-9-22-19(10-14-32-22)20(27)16-31-18-7-5-17(25)6-8-18/h2-8,10,13-14,20H,1,9,11-12,15-16H2. The second-order valence-corrected chi connectivity index (χ2v) is 8.37. The Labute approximate surface area is 189 Å². The number of carbonyl (C=O) groups is 2. The molecule has 2 amide bonds. The van der Waals surface area contributed by atoms with Crippen LogP contribution in [0.25, 0.3) is 0 Å². The molecule has 32 heavy (non-hydrogen) atoms. The van der Waals surface area contributed by atoms with E-state index in [4.69, 9.17) is 9.15 Å². The van der Waals surface area contributed by atoms with Crippen LogP contribution in [0.4, 0.5) is 4.39 Å². The number of fused-ring (bicyclic) bond motifs is 1. The van der Waals surface area contributed by atoms with Gasteiger partial charge in [-0.25, -0.2) is 4.39 Å². The largest absolute Gasteiger partial charge is 0.491 e. The van der Waals surface area contributed by atoms with E-state index in [0.29, 0.717) is 12.3 Å². The van der Waals surface area contributed by atoms with Crippen LogP contribution in [0.15, 0.2) is 71.2 Å². The Hall–Kier alpha value is -3.39. The first-order valence-corrected chi connectivity index (χ1v) is 11.1. The van der Waals surface area contributed by atoms with Crippen LogP contribution in [0.3, 0.4) is 0 Å². The van der Waals surface area contributed by atoms with E-state index >= 15 is 0 Å². The molecule has 0 radical (unpaired) electrons. The van der Waals surface area contributed by atoms with Gasteiger partial charge in [-0.3, -0.25) is 9.59 Å². The van der Waals surface area contributed by atoms with Crippen LogP contribution >= 0.6 is 11.3 Å². The van der Waals surface area contributed by atoms with Gasteiger partial charge in [0.2, 0.25) is 5.91 Å². The van der Waals surface area contributed by atoms with Crippen molar-refractivity contribution in [3.63, 3.8) is 0 Å². The van der Waals surface area contributed by atoms with E-state index in [1.165, 1.54) is 28.2 Å². The molecule has 0 N–H and O–H groups in total. The van der Waals surface area contributed by atoms with Gasteiger partial charge in [-0.1, -0.05) is 6.08 Å². The summed E-state index contributed by atoms with van der Waals surface area (Å²) in [6.07, 6.45) is 3.75. The number of halogens is 1. The average molecular weight is 455 g/mol. The number of amides is 2. The van der Waals surface area contributed by atoms with E-state index in [9.17, 15) is 14.0 Å². The van der Waals surface area contributed by atoms with Gasteiger partial charge in [0, 0.05) is 18.0 Å². The first kappa shape index (κ1) is 21.8. The number of hydrogen-bond acceptors (Lipinski definition) is 5. The summed E-state index contributed by atoms with van der Waals surface area (Å²) in [6, 6.07) is 10.7. The molecule has 0 bridgehead atoms. The number of hydrogen-bond donors (Lipinski definition) is 0. The van der Waals surface area contributed by atoms with E-state index in [1.54, 1.807) is 46.6 Å². The molecule has 8 heteroatoms. The lowest BCUT2D eigenvalue weighted by molar-refractivity contribution is -0.135. The second kappa shape index (κ2) is 9.82. The Bertz CT molecular complexity index is 1080. The first-order chi connectivity index (χ1) is 15.6. The number of benzene rings is 1. The zero-order chi connectivity index (χ0) is 22.5. The summed E-state index contributed by atoms with van der Waals surface area (Å²) in [7, 11) is 0. The minimum atomic E-state index is -0.365. The zero-order valence-corrected chi connectivity index (χ0v) is 18.2.